The van der Waals surface area contributed by atoms with E-state index >= 15 is 0 Å². The van der Waals surface area contributed by atoms with E-state index in [4.69, 9.17) is 0 Å². The molecule has 1 fully saturated rings. The lowest BCUT2D eigenvalue weighted by Gasteiger charge is -2.44. The van der Waals surface area contributed by atoms with Crippen LogP contribution in [0.4, 0.5) is 30.7 Å². The SMILES string of the molecule is CC(C)(C1CC(NC(=O)c2cc(C(F)(F)F)[nH]n2)C1)S(=O)(=O)c1cc(F)cc(C(F)(F)F)c1. The number of aromatic amines is 1. The van der Waals surface area contributed by atoms with Crippen LogP contribution in [0.15, 0.2) is 29.2 Å². The molecule has 0 radical (unpaired) electrons. The summed E-state index contributed by atoms with van der Waals surface area (Å²) in [6, 6.07) is 1.03. The average Bonchev–Trinajstić information content (AvgIpc) is 3.13. The number of nitrogens with one attached hydrogen (secondary N) is 2. The second-order valence-corrected chi connectivity index (χ2v) is 10.8. The molecule has 1 aliphatic carbocycles. The van der Waals surface area contributed by atoms with Crippen molar-refractivity contribution in [3.05, 3.63) is 47.0 Å². The van der Waals surface area contributed by atoms with Crippen molar-refractivity contribution in [2.75, 3.05) is 0 Å². The standard InChI is InChI=1S/C19H18F7N3O3S/c1-17(2,33(31,32)13-6-10(18(21,22)23)3-11(20)7-13)9-4-12(5-9)27-16(30)14-8-15(29-28-14)19(24,25)26/h3,6-9,12H,4-5H2,1-2H3,(H,27,30)(H,28,29). The van der Waals surface area contributed by atoms with E-state index in [9.17, 15) is 43.9 Å². The molecule has 1 saturated carbocycles. The van der Waals surface area contributed by atoms with Crippen LogP contribution in [0.5, 0.6) is 0 Å². The zero-order chi connectivity index (χ0) is 25.0. The number of sulfone groups is 1. The van der Waals surface area contributed by atoms with Gasteiger partial charge in [-0.15, -0.1) is 0 Å². The van der Waals surface area contributed by atoms with Crippen LogP contribution in [0.1, 0.15) is 48.4 Å². The van der Waals surface area contributed by atoms with E-state index in [1.165, 1.54) is 13.8 Å². The predicted molar refractivity (Wildman–Crippen MR) is 100 cm³/mol. The number of aromatic nitrogens is 2. The van der Waals surface area contributed by atoms with Crippen LogP contribution in [0.25, 0.3) is 0 Å². The van der Waals surface area contributed by atoms with Crippen LogP contribution in [0.3, 0.4) is 0 Å². The number of hydrogen-bond acceptors (Lipinski definition) is 4. The fourth-order valence-corrected chi connectivity index (χ4v) is 5.34. The Morgan fingerprint density at radius 1 is 1.03 bits per heavy atom. The Morgan fingerprint density at radius 2 is 1.64 bits per heavy atom. The molecule has 0 saturated heterocycles. The van der Waals surface area contributed by atoms with Crippen molar-refractivity contribution in [3.8, 4) is 0 Å². The van der Waals surface area contributed by atoms with E-state index in [0.717, 1.165) is 0 Å². The van der Waals surface area contributed by atoms with E-state index in [2.05, 4.69) is 10.4 Å². The third-order valence-electron chi connectivity index (χ3n) is 5.77. The van der Waals surface area contributed by atoms with Gasteiger partial charge in [0.15, 0.2) is 15.5 Å². The Bertz CT molecular complexity index is 1160. The van der Waals surface area contributed by atoms with Crippen molar-refractivity contribution < 1.29 is 43.9 Å². The molecule has 1 heterocycles. The number of benzene rings is 1. The Labute approximate surface area is 183 Å². The zero-order valence-corrected chi connectivity index (χ0v) is 17.9. The van der Waals surface area contributed by atoms with Gasteiger partial charge in [-0.2, -0.15) is 31.4 Å². The van der Waals surface area contributed by atoms with E-state index < -0.39 is 72.5 Å². The normalized spacial score (nSPS) is 19.8. The molecule has 1 amide bonds. The number of amides is 1. The smallest absolute Gasteiger partial charge is 0.348 e. The first-order valence-electron chi connectivity index (χ1n) is 9.49. The first-order chi connectivity index (χ1) is 14.9. The number of rotatable bonds is 5. The molecule has 14 heteroatoms. The van der Waals surface area contributed by atoms with Gasteiger partial charge in [0, 0.05) is 12.1 Å². The molecular formula is C19H18F7N3O3S. The van der Waals surface area contributed by atoms with Crippen LogP contribution in [-0.4, -0.2) is 35.3 Å². The fraction of sp³-hybridized carbons (Fsp3) is 0.474. The van der Waals surface area contributed by atoms with Gasteiger partial charge in [-0.1, -0.05) is 0 Å². The van der Waals surface area contributed by atoms with E-state index in [-0.39, 0.29) is 18.9 Å². The largest absolute Gasteiger partial charge is 0.432 e. The first kappa shape index (κ1) is 25.0. The van der Waals surface area contributed by atoms with Gasteiger partial charge >= 0.3 is 12.4 Å². The van der Waals surface area contributed by atoms with Crippen LogP contribution in [-0.2, 0) is 22.2 Å². The lowest BCUT2D eigenvalue weighted by molar-refractivity contribution is -0.141. The quantitative estimate of drug-likeness (QED) is 0.596. The number of alkyl halides is 6. The molecule has 6 nitrogen and oxygen atoms in total. The summed E-state index contributed by atoms with van der Waals surface area (Å²) in [5.74, 6) is -2.86. The highest BCUT2D eigenvalue weighted by atomic mass is 32.2. The second-order valence-electron chi connectivity index (χ2n) is 8.28. The molecule has 3 rings (SSSR count). The molecule has 2 aromatic rings. The highest BCUT2D eigenvalue weighted by Crippen LogP contribution is 2.44. The highest BCUT2D eigenvalue weighted by Gasteiger charge is 2.49. The molecule has 182 valence electrons. The van der Waals surface area contributed by atoms with Gasteiger partial charge in [0.05, 0.1) is 15.2 Å². The number of carbonyl (C=O) groups excluding carboxylic acids is 1. The van der Waals surface area contributed by atoms with Crippen molar-refractivity contribution >= 4 is 15.7 Å². The molecule has 2 N–H and O–H groups in total. The maximum atomic E-state index is 13.7. The Morgan fingerprint density at radius 3 is 2.15 bits per heavy atom. The molecule has 33 heavy (non-hydrogen) atoms. The topological polar surface area (TPSA) is 91.9 Å². The average molecular weight is 501 g/mol. The van der Waals surface area contributed by atoms with Crippen molar-refractivity contribution in [2.45, 2.75) is 54.7 Å². The van der Waals surface area contributed by atoms with Gasteiger partial charge in [-0.25, -0.2) is 12.8 Å². The summed E-state index contributed by atoms with van der Waals surface area (Å²) in [6.45, 7) is 2.57. The molecule has 0 aliphatic heterocycles. The monoisotopic (exact) mass is 501 g/mol. The Hall–Kier alpha value is -2.64. The number of hydrogen-bond donors (Lipinski definition) is 2. The minimum absolute atomic E-state index is 0.0932. The van der Waals surface area contributed by atoms with Crippen molar-refractivity contribution in [2.24, 2.45) is 5.92 Å². The minimum atomic E-state index is -4.94. The molecule has 0 atom stereocenters. The molecule has 1 aliphatic rings. The Balaban J connectivity index is 1.71. The van der Waals surface area contributed by atoms with Gasteiger partial charge < -0.3 is 5.32 Å². The number of nitrogens with zero attached hydrogens (tertiary/aromatic N) is 1. The van der Waals surface area contributed by atoms with Crippen molar-refractivity contribution in [1.82, 2.24) is 15.5 Å². The van der Waals surface area contributed by atoms with Gasteiger partial charge in [0.25, 0.3) is 5.91 Å². The van der Waals surface area contributed by atoms with Gasteiger partial charge in [-0.05, 0) is 50.8 Å². The summed E-state index contributed by atoms with van der Waals surface area (Å²) < 4.78 is 115. The van der Waals surface area contributed by atoms with Crippen LogP contribution in [0, 0.1) is 11.7 Å². The lowest BCUT2D eigenvalue weighted by atomic mass is 9.73. The first-order valence-corrected chi connectivity index (χ1v) is 11.0. The lowest BCUT2D eigenvalue weighted by Crippen LogP contribution is -2.53. The van der Waals surface area contributed by atoms with E-state index in [1.54, 1.807) is 5.10 Å². The summed E-state index contributed by atoms with van der Waals surface area (Å²) in [5, 5.41) is 7.43. The Kier molecular flexibility index (Phi) is 6.05. The summed E-state index contributed by atoms with van der Waals surface area (Å²) in [5.41, 5.74) is -3.15. The van der Waals surface area contributed by atoms with Gasteiger partial charge in [0.1, 0.15) is 11.5 Å². The summed E-state index contributed by atoms with van der Waals surface area (Å²) in [6.07, 6.45) is -9.47. The number of halogens is 7. The van der Waals surface area contributed by atoms with Crippen LogP contribution in [0.2, 0.25) is 0 Å². The minimum Gasteiger partial charge on any atom is -0.348 e. The highest BCUT2D eigenvalue weighted by molar-refractivity contribution is 7.92. The third-order valence-corrected chi connectivity index (χ3v) is 8.35. The summed E-state index contributed by atoms with van der Waals surface area (Å²) >= 11 is 0. The predicted octanol–water partition coefficient (Wildman–Crippen LogP) is 4.35. The maximum absolute atomic E-state index is 13.7. The van der Waals surface area contributed by atoms with E-state index in [0.29, 0.717) is 18.2 Å². The van der Waals surface area contributed by atoms with Crippen molar-refractivity contribution in [1.29, 1.82) is 0 Å². The molecule has 1 aromatic heterocycles. The summed E-state index contributed by atoms with van der Waals surface area (Å²) in [4.78, 5) is 11.3. The number of carbonyl (C=O) groups is 1. The summed E-state index contributed by atoms with van der Waals surface area (Å²) in [7, 11) is -4.42. The zero-order valence-electron chi connectivity index (χ0n) is 17.1. The number of H-pyrrole nitrogens is 1. The molecule has 0 spiro atoms. The second kappa shape index (κ2) is 7.99. The molecule has 0 bridgehead atoms. The van der Waals surface area contributed by atoms with Crippen LogP contribution >= 0.6 is 0 Å². The molecular weight excluding hydrogens is 483 g/mol. The van der Waals surface area contributed by atoms with E-state index in [1.807, 2.05) is 0 Å². The maximum Gasteiger partial charge on any atom is 0.432 e. The molecule has 1 aromatic carbocycles. The fourth-order valence-electron chi connectivity index (χ4n) is 3.55. The van der Waals surface area contributed by atoms with Crippen LogP contribution < -0.4 is 5.32 Å². The third kappa shape index (κ3) is 4.84. The van der Waals surface area contributed by atoms with Gasteiger partial charge in [-0.3, -0.25) is 9.89 Å². The van der Waals surface area contributed by atoms with Gasteiger partial charge in [0.2, 0.25) is 0 Å². The van der Waals surface area contributed by atoms with Crippen molar-refractivity contribution in [3.63, 3.8) is 0 Å². The molecule has 0 unspecified atom stereocenters.